The lowest BCUT2D eigenvalue weighted by Crippen LogP contribution is -2.72. The summed E-state index contributed by atoms with van der Waals surface area (Å²) in [6.45, 7) is 3.23. The van der Waals surface area contributed by atoms with Gasteiger partial charge in [0.05, 0.1) is 11.3 Å². The van der Waals surface area contributed by atoms with Crippen LogP contribution in [0, 0.1) is 17.3 Å². The highest BCUT2D eigenvalue weighted by Gasteiger charge is 2.72. The number of benzene rings is 1. The zero-order valence-electron chi connectivity index (χ0n) is 20.5. The Morgan fingerprint density at radius 2 is 1.56 bits per heavy atom. The van der Waals surface area contributed by atoms with E-state index in [1.165, 1.54) is 10.5 Å². The van der Waals surface area contributed by atoms with E-state index in [9.17, 15) is 24.3 Å². The van der Waals surface area contributed by atoms with Crippen molar-refractivity contribution in [3.05, 3.63) is 35.9 Å². The van der Waals surface area contributed by atoms with Crippen LogP contribution in [0.25, 0.3) is 0 Å². The largest absolute Gasteiger partial charge is 0.480 e. The highest BCUT2D eigenvalue weighted by molar-refractivity contribution is 6.07. The molecule has 1 aromatic rings. The van der Waals surface area contributed by atoms with Crippen LogP contribution in [0.15, 0.2) is 30.3 Å². The van der Waals surface area contributed by atoms with Gasteiger partial charge in [-0.2, -0.15) is 0 Å². The van der Waals surface area contributed by atoms with Crippen LogP contribution in [0.1, 0.15) is 44.1 Å². The second kappa shape index (κ2) is 8.57. The Morgan fingerprint density at radius 1 is 0.944 bits per heavy atom. The van der Waals surface area contributed by atoms with Crippen LogP contribution in [-0.2, 0) is 19.8 Å². The number of urea groups is 1. The number of hydrogen-bond donors (Lipinski definition) is 2. The minimum atomic E-state index is -1.12. The third kappa shape index (κ3) is 3.54. The molecule has 0 spiro atoms. The van der Waals surface area contributed by atoms with E-state index in [2.05, 4.69) is 17.4 Å². The van der Waals surface area contributed by atoms with Crippen molar-refractivity contribution >= 4 is 23.8 Å². The van der Waals surface area contributed by atoms with Crippen molar-refractivity contribution in [1.82, 2.24) is 20.0 Å². The lowest BCUT2D eigenvalue weighted by molar-refractivity contribution is -0.188. The second-order valence-corrected chi connectivity index (χ2v) is 11.5. The van der Waals surface area contributed by atoms with Crippen molar-refractivity contribution < 1.29 is 24.3 Å². The van der Waals surface area contributed by atoms with Crippen LogP contribution < -0.4 is 5.32 Å². The summed E-state index contributed by atoms with van der Waals surface area (Å²) in [5, 5.41) is 13.1. The first-order valence-corrected chi connectivity index (χ1v) is 13.2. The van der Waals surface area contributed by atoms with Gasteiger partial charge in [-0.1, -0.05) is 30.3 Å². The third-order valence-electron chi connectivity index (χ3n) is 9.43. The topological polar surface area (TPSA) is 110 Å². The highest BCUT2D eigenvalue weighted by atomic mass is 16.4. The zero-order valence-corrected chi connectivity index (χ0v) is 20.5. The number of rotatable bonds is 5. The lowest BCUT2D eigenvalue weighted by atomic mass is 9.33. The van der Waals surface area contributed by atoms with Gasteiger partial charge in [-0.3, -0.25) is 9.59 Å². The minimum Gasteiger partial charge on any atom is -0.480 e. The van der Waals surface area contributed by atoms with Gasteiger partial charge in [-0.15, -0.1) is 0 Å². The van der Waals surface area contributed by atoms with Gasteiger partial charge in [0.2, 0.25) is 11.8 Å². The zero-order chi connectivity index (χ0) is 25.1. The number of aliphatic carboxylic acids is 1. The maximum Gasteiger partial charge on any atom is 0.327 e. The van der Waals surface area contributed by atoms with E-state index in [1.807, 2.05) is 23.1 Å². The number of nitrogens with one attached hydrogen (secondary N) is 1. The first kappa shape index (κ1) is 23.5. The molecule has 1 aromatic carbocycles. The number of β-lactam (4-membered cyclic amide) rings is 1. The van der Waals surface area contributed by atoms with E-state index in [0.29, 0.717) is 38.5 Å². The lowest BCUT2D eigenvalue weighted by Gasteiger charge is -2.70. The van der Waals surface area contributed by atoms with E-state index in [4.69, 9.17) is 0 Å². The predicted octanol–water partition coefficient (Wildman–Crippen LogP) is 1.67. The molecule has 6 fully saturated rings. The average molecular weight is 495 g/mol. The maximum atomic E-state index is 13.3. The van der Waals surface area contributed by atoms with E-state index in [0.717, 1.165) is 50.1 Å². The number of piperidine rings is 1. The molecule has 2 atom stereocenters. The van der Waals surface area contributed by atoms with Gasteiger partial charge in [-0.05, 0) is 68.5 Å². The molecule has 3 heterocycles. The number of nitrogens with zero attached hydrogens (tertiary/aromatic N) is 3. The molecule has 4 amide bonds. The summed E-state index contributed by atoms with van der Waals surface area (Å²) in [6, 6.07) is 8.79. The van der Waals surface area contributed by atoms with Crippen molar-refractivity contribution in [3.63, 3.8) is 0 Å². The fourth-order valence-electron chi connectivity index (χ4n) is 7.45. The van der Waals surface area contributed by atoms with Gasteiger partial charge in [0.1, 0.15) is 0 Å². The quantitative estimate of drug-likeness (QED) is 0.603. The summed E-state index contributed by atoms with van der Waals surface area (Å²) in [5.74, 6) is -1.63. The minimum absolute atomic E-state index is 0.156. The molecular weight excluding hydrogens is 460 g/mol. The van der Waals surface area contributed by atoms with Crippen molar-refractivity contribution in [3.8, 4) is 0 Å². The molecule has 0 aromatic heterocycles. The molecule has 3 saturated heterocycles. The van der Waals surface area contributed by atoms with Gasteiger partial charge >= 0.3 is 12.0 Å². The van der Waals surface area contributed by atoms with Crippen LogP contribution in [-0.4, -0.2) is 88.9 Å². The van der Waals surface area contributed by atoms with Crippen molar-refractivity contribution in [2.75, 3.05) is 39.3 Å². The maximum absolute atomic E-state index is 13.3. The third-order valence-corrected chi connectivity index (χ3v) is 9.43. The van der Waals surface area contributed by atoms with E-state index in [1.54, 1.807) is 0 Å². The van der Waals surface area contributed by atoms with Crippen LogP contribution in [0.3, 0.4) is 0 Å². The molecule has 7 rings (SSSR count). The Hall–Kier alpha value is -2.94. The number of piperazine rings is 1. The Balaban J connectivity index is 1.03. The summed E-state index contributed by atoms with van der Waals surface area (Å²) < 4.78 is 0. The molecule has 3 aliphatic heterocycles. The van der Waals surface area contributed by atoms with Crippen LogP contribution in [0.2, 0.25) is 0 Å². The molecule has 0 radical (unpaired) electrons. The molecule has 9 nitrogen and oxygen atoms in total. The Labute approximate surface area is 210 Å². The first-order valence-electron chi connectivity index (χ1n) is 13.2. The number of imide groups is 1. The van der Waals surface area contributed by atoms with Gasteiger partial charge in [-0.25, -0.2) is 14.5 Å². The predicted molar refractivity (Wildman–Crippen MR) is 130 cm³/mol. The smallest absolute Gasteiger partial charge is 0.327 e. The number of carboxylic acid groups (broad SMARTS) is 1. The Bertz CT molecular complexity index is 1060. The standard InChI is InChI=1S/C27H34N4O5/c32-22-20(14-18-6-8-28-9-7-18)21(23(33)34)31(22)25(36)30-12-10-29(11-13-30)24(35)27-15-26(16-27,17-27)19-4-2-1-3-5-19/h1-5,18,20-21,28H,6-17H2,(H,33,34)/t20-,21+,26?,27?/m1/s1. The van der Waals surface area contributed by atoms with Crippen molar-refractivity contribution in [1.29, 1.82) is 0 Å². The number of likely N-dealkylation sites (tertiary alicyclic amines) is 1. The van der Waals surface area contributed by atoms with Crippen LogP contribution in [0.4, 0.5) is 4.79 Å². The number of carbonyl (C=O) groups excluding carboxylic acids is 3. The van der Waals surface area contributed by atoms with E-state index >= 15 is 0 Å². The first-order chi connectivity index (χ1) is 17.3. The van der Waals surface area contributed by atoms with Crippen LogP contribution in [0.5, 0.6) is 0 Å². The molecule has 2 bridgehead atoms. The number of carbonyl (C=O) groups is 4. The Morgan fingerprint density at radius 3 is 2.17 bits per heavy atom. The fourth-order valence-corrected chi connectivity index (χ4v) is 7.45. The second-order valence-electron chi connectivity index (χ2n) is 11.5. The summed E-state index contributed by atoms with van der Waals surface area (Å²) in [7, 11) is 0. The molecule has 3 aliphatic carbocycles. The van der Waals surface area contributed by atoms with Crippen molar-refractivity contribution in [2.45, 2.75) is 50.0 Å². The summed E-state index contributed by atoms with van der Waals surface area (Å²) in [6.07, 6.45) is 5.05. The van der Waals surface area contributed by atoms with Gasteiger partial charge in [0.15, 0.2) is 6.04 Å². The average Bonchev–Trinajstić information content (AvgIpc) is 2.85. The van der Waals surface area contributed by atoms with E-state index < -0.39 is 24.0 Å². The number of hydrogen-bond acceptors (Lipinski definition) is 5. The summed E-state index contributed by atoms with van der Waals surface area (Å²) in [5.41, 5.74) is 1.22. The van der Waals surface area contributed by atoms with Gasteiger partial charge in [0.25, 0.3) is 0 Å². The molecule has 192 valence electrons. The Kier molecular flexibility index (Phi) is 5.59. The molecule has 0 unspecified atom stereocenters. The van der Waals surface area contributed by atoms with Gasteiger partial charge in [0, 0.05) is 26.2 Å². The normalized spacial score (nSPS) is 33.9. The molecule has 6 aliphatic rings. The SMILES string of the molecule is O=C(O)[C@@H]1[C@@H](CC2CCNCC2)C(=O)N1C(=O)N1CCN(C(=O)C23CC(c4ccccc4)(C2)C3)CC1. The van der Waals surface area contributed by atoms with Gasteiger partial charge < -0.3 is 20.2 Å². The monoisotopic (exact) mass is 494 g/mol. The van der Waals surface area contributed by atoms with Crippen molar-refractivity contribution in [2.24, 2.45) is 17.3 Å². The summed E-state index contributed by atoms with van der Waals surface area (Å²) >= 11 is 0. The fraction of sp³-hybridized carbons (Fsp3) is 0.630. The van der Waals surface area contributed by atoms with E-state index in [-0.39, 0.29) is 22.6 Å². The number of carboxylic acids is 1. The van der Waals surface area contributed by atoms with Crippen LogP contribution >= 0.6 is 0 Å². The molecular formula is C27H34N4O5. The number of amides is 4. The molecule has 2 N–H and O–H groups in total. The highest BCUT2D eigenvalue weighted by Crippen LogP contribution is 2.74. The molecule has 9 heteroatoms. The summed E-state index contributed by atoms with van der Waals surface area (Å²) in [4.78, 5) is 55.6. The molecule has 36 heavy (non-hydrogen) atoms. The molecule has 3 saturated carbocycles.